The summed E-state index contributed by atoms with van der Waals surface area (Å²) in [6.07, 6.45) is 4.65. The Bertz CT molecular complexity index is 758. The van der Waals surface area contributed by atoms with Gasteiger partial charge in [-0.25, -0.2) is 0 Å². The number of phenolic OH excluding ortho intramolecular Hbond substituents is 1. The summed E-state index contributed by atoms with van der Waals surface area (Å²) in [5.74, 6) is 1.03. The number of aromatic hydroxyl groups is 1. The first kappa shape index (κ1) is 15.6. The summed E-state index contributed by atoms with van der Waals surface area (Å²) in [7, 11) is 0. The monoisotopic (exact) mass is 304 g/mol. The quantitative estimate of drug-likeness (QED) is 0.615. The average Bonchev–Trinajstić information content (AvgIpc) is 2.56. The lowest BCUT2D eigenvalue weighted by Gasteiger charge is -2.12. The van der Waals surface area contributed by atoms with Crippen molar-refractivity contribution in [1.29, 1.82) is 0 Å². The third-order valence-electron chi connectivity index (χ3n) is 4.50. The van der Waals surface area contributed by atoms with E-state index in [1.54, 1.807) is 12.1 Å². The van der Waals surface area contributed by atoms with Crippen LogP contribution in [0.4, 0.5) is 0 Å². The summed E-state index contributed by atoms with van der Waals surface area (Å²) >= 11 is 0. The molecule has 1 N–H and O–H groups in total. The maximum absolute atomic E-state index is 9.31. The zero-order chi connectivity index (χ0) is 16.1. The number of fused-ring (bicyclic) bond motifs is 1. The van der Waals surface area contributed by atoms with Gasteiger partial charge in [-0.05, 0) is 59.2 Å². The van der Waals surface area contributed by atoms with Gasteiger partial charge in [-0.2, -0.15) is 0 Å². The lowest BCUT2D eigenvalue weighted by molar-refractivity contribution is 0.474. The van der Waals surface area contributed by atoms with Crippen LogP contribution in [0.5, 0.6) is 5.75 Å². The number of benzene rings is 3. The largest absolute Gasteiger partial charge is 0.508 e. The predicted molar refractivity (Wildman–Crippen MR) is 97.9 cm³/mol. The summed E-state index contributed by atoms with van der Waals surface area (Å²) in [5.41, 5.74) is 2.74. The molecule has 1 nitrogen and oxygen atoms in total. The van der Waals surface area contributed by atoms with Crippen LogP contribution in [-0.4, -0.2) is 5.11 Å². The van der Waals surface area contributed by atoms with Crippen molar-refractivity contribution in [2.75, 3.05) is 0 Å². The second kappa shape index (κ2) is 7.32. The Morgan fingerprint density at radius 1 is 0.826 bits per heavy atom. The molecule has 0 saturated heterocycles. The highest BCUT2D eigenvalue weighted by molar-refractivity contribution is 5.82. The fourth-order valence-corrected chi connectivity index (χ4v) is 3.19. The first-order chi connectivity index (χ1) is 11.2. The van der Waals surface area contributed by atoms with Gasteiger partial charge in [0.15, 0.2) is 0 Å². The molecule has 118 valence electrons. The molecule has 0 heterocycles. The molecule has 0 amide bonds. The first-order valence-electron chi connectivity index (χ1n) is 8.46. The van der Waals surface area contributed by atoms with Crippen LogP contribution in [0.2, 0.25) is 0 Å². The standard InChI is InChI=1S/C22H24O/c1-17(5-4-6-18-10-13-22(23)14-11-18)15-19-9-12-20-7-2-3-8-21(20)16-19/h2-3,7-14,16-17,23H,4-6,15H2,1H3. The van der Waals surface area contributed by atoms with Gasteiger partial charge in [0.25, 0.3) is 0 Å². The molecule has 0 aromatic heterocycles. The summed E-state index contributed by atoms with van der Waals surface area (Å²) < 4.78 is 0. The molecule has 3 aromatic rings. The van der Waals surface area contributed by atoms with E-state index in [0.29, 0.717) is 11.7 Å². The molecule has 0 saturated carbocycles. The minimum Gasteiger partial charge on any atom is -0.508 e. The van der Waals surface area contributed by atoms with Crippen LogP contribution in [0.3, 0.4) is 0 Å². The van der Waals surface area contributed by atoms with Crippen molar-refractivity contribution in [1.82, 2.24) is 0 Å². The Kier molecular flexibility index (Phi) is 4.97. The van der Waals surface area contributed by atoms with Gasteiger partial charge in [0, 0.05) is 0 Å². The molecule has 1 heteroatoms. The molecule has 1 atom stereocenters. The molecular formula is C22H24O. The van der Waals surface area contributed by atoms with E-state index in [1.165, 1.54) is 34.7 Å². The van der Waals surface area contributed by atoms with Crippen molar-refractivity contribution in [2.45, 2.75) is 32.6 Å². The number of hydrogen-bond acceptors (Lipinski definition) is 1. The van der Waals surface area contributed by atoms with Gasteiger partial charge in [-0.3, -0.25) is 0 Å². The number of hydrogen-bond donors (Lipinski definition) is 1. The first-order valence-corrected chi connectivity index (χ1v) is 8.46. The lowest BCUT2D eigenvalue weighted by Crippen LogP contribution is -2.01. The van der Waals surface area contributed by atoms with Crippen molar-refractivity contribution < 1.29 is 5.11 Å². The van der Waals surface area contributed by atoms with Crippen molar-refractivity contribution in [3.63, 3.8) is 0 Å². The molecule has 0 aliphatic heterocycles. The molecule has 0 aliphatic rings. The molecule has 0 fully saturated rings. The Hall–Kier alpha value is -2.28. The molecule has 0 spiro atoms. The highest BCUT2D eigenvalue weighted by Gasteiger charge is 2.05. The maximum Gasteiger partial charge on any atom is 0.115 e. The van der Waals surface area contributed by atoms with E-state index in [1.807, 2.05) is 12.1 Å². The van der Waals surface area contributed by atoms with Crippen molar-refractivity contribution in [3.05, 3.63) is 77.9 Å². The van der Waals surface area contributed by atoms with Gasteiger partial charge in [-0.15, -0.1) is 0 Å². The summed E-state index contributed by atoms with van der Waals surface area (Å²) in [4.78, 5) is 0. The minimum absolute atomic E-state index is 0.346. The molecule has 3 aromatic carbocycles. The van der Waals surface area contributed by atoms with Gasteiger partial charge in [0.05, 0.1) is 0 Å². The Morgan fingerprint density at radius 3 is 2.30 bits per heavy atom. The second-order valence-corrected chi connectivity index (χ2v) is 6.55. The average molecular weight is 304 g/mol. The molecule has 23 heavy (non-hydrogen) atoms. The molecule has 0 radical (unpaired) electrons. The van der Waals surface area contributed by atoms with Gasteiger partial charge in [-0.1, -0.05) is 67.9 Å². The van der Waals surface area contributed by atoms with E-state index in [2.05, 4.69) is 49.4 Å². The van der Waals surface area contributed by atoms with Crippen LogP contribution in [0.15, 0.2) is 66.7 Å². The zero-order valence-corrected chi connectivity index (χ0v) is 13.7. The van der Waals surface area contributed by atoms with Gasteiger partial charge in [0.1, 0.15) is 5.75 Å². The van der Waals surface area contributed by atoms with Crippen LogP contribution in [0.25, 0.3) is 10.8 Å². The fraction of sp³-hybridized carbons (Fsp3) is 0.273. The van der Waals surface area contributed by atoms with E-state index in [9.17, 15) is 5.11 Å². The van der Waals surface area contributed by atoms with Crippen LogP contribution < -0.4 is 0 Å². The zero-order valence-electron chi connectivity index (χ0n) is 13.7. The van der Waals surface area contributed by atoms with Crippen LogP contribution in [0, 0.1) is 5.92 Å². The summed E-state index contributed by atoms with van der Waals surface area (Å²) in [5, 5.41) is 12.0. The Labute approximate surface area is 138 Å². The highest BCUT2D eigenvalue weighted by atomic mass is 16.3. The van der Waals surface area contributed by atoms with Crippen LogP contribution in [0.1, 0.15) is 30.9 Å². The fourth-order valence-electron chi connectivity index (χ4n) is 3.19. The molecule has 3 rings (SSSR count). The number of phenols is 1. The number of rotatable bonds is 6. The van der Waals surface area contributed by atoms with Crippen molar-refractivity contribution in [2.24, 2.45) is 5.92 Å². The topological polar surface area (TPSA) is 20.2 Å². The lowest BCUT2D eigenvalue weighted by atomic mass is 9.93. The SMILES string of the molecule is CC(CCCc1ccc(O)cc1)Cc1ccc2ccccc2c1. The third-order valence-corrected chi connectivity index (χ3v) is 4.50. The summed E-state index contributed by atoms with van der Waals surface area (Å²) in [6.45, 7) is 2.34. The smallest absolute Gasteiger partial charge is 0.115 e. The Balaban J connectivity index is 1.51. The maximum atomic E-state index is 9.31. The predicted octanol–water partition coefficient (Wildman–Crippen LogP) is 5.75. The molecule has 0 aliphatic carbocycles. The van der Waals surface area contributed by atoms with Gasteiger partial charge < -0.3 is 5.11 Å². The van der Waals surface area contributed by atoms with Crippen molar-refractivity contribution in [3.8, 4) is 5.75 Å². The highest BCUT2D eigenvalue weighted by Crippen LogP contribution is 2.20. The minimum atomic E-state index is 0.346. The van der Waals surface area contributed by atoms with Gasteiger partial charge in [0.2, 0.25) is 0 Å². The Morgan fingerprint density at radius 2 is 1.52 bits per heavy atom. The molecule has 1 unspecified atom stereocenters. The van der Waals surface area contributed by atoms with Crippen molar-refractivity contribution >= 4 is 10.8 Å². The van der Waals surface area contributed by atoms with E-state index in [0.717, 1.165) is 12.8 Å². The van der Waals surface area contributed by atoms with Crippen LogP contribution in [-0.2, 0) is 12.8 Å². The van der Waals surface area contributed by atoms with E-state index < -0.39 is 0 Å². The van der Waals surface area contributed by atoms with Crippen LogP contribution >= 0.6 is 0 Å². The molecule has 0 bridgehead atoms. The molecular weight excluding hydrogens is 280 g/mol. The van der Waals surface area contributed by atoms with Gasteiger partial charge >= 0.3 is 0 Å². The second-order valence-electron chi connectivity index (χ2n) is 6.55. The third kappa shape index (κ3) is 4.35. The van der Waals surface area contributed by atoms with E-state index >= 15 is 0 Å². The number of aryl methyl sites for hydroxylation is 1. The van der Waals surface area contributed by atoms with E-state index in [4.69, 9.17) is 0 Å². The van der Waals surface area contributed by atoms with E-state index in [-0.39, 0.29) is 0 Å². The normalized spacial score (nSPS) is 12.4. The summed E-state index contributed by atoms with van der Waals surface area (Å²) in [6, 6.07) is 22.9.